The molecule has 0 radical (unpaired) electrons. The summed E-state index contributed by atoms with van der Waals surface area (Å²) in [6, 6.07) is 7.75. The smallest absolute Gasteiger partial charge is 0.314 e. The van der Waals surface area contributed by atoms with Gasteiger partial charge in [-0.1, -0.05) is 31.9 Å². The summed E-state index contributed by atoms with van der Waals surface area (Å²) in [5.41, 5.74) is 1.17. The number of carbonyl (C=O) groups excluding carboxylic acids is 1. The van der Waals surface area contributed by atoms with Gasteiger partial charge in [0.25, 0.3) is 0 Å². The number of hydrogen-bond acceptors (Lipinski definition) is 2. The van der Waals surface area contributed by atoms with Crippen molar-refractivity contribution in [3.63, 3.8) is 0 Å². The third-order valence-electron chi connectivity index (χ3n) is 2.71. The number of urea groups is 1. The first-order valence-electron chi connectivity index (χ1n) is 6.93. The zero-order chi connectivity index (χ0) is 13.9. The fourth-order valence-corrected chi connectivity index (χ4v) is 1.68. The number of ether oxygens (including phenoxy) is 1. The van der Waals surface area contributed by atoms with E-state index < -0.39 is 0 Å². The molecule has 0 spiro atoms. The van der Waals surface area contributed by atoms with E-state index in [-0.39, 0.29) is 6.03 Å². The van der Waals surface area contributed by atoms with E-state index in [4.69, 9.17) is 4.74 Å². The van der Waals surface area contributed by atoms with Gasteiger partial charge in [-0.25, -0.2) is 4.79 Å². The first-order chi connectivity index (χ1) is 9.22. The largest absolute Gasteiger partial charge is 0.492 e. The molecule has 19 heavy (non-hydrogen) atoms. The topological polar surface area (TPSA) is 50.4 Å². The van der Waals surface area contributed by atoms with Crippen molar-refractivity contribution in [3.05, 3.63) is 29.8 Å². The van der Waals surface area contributed by atoms with Crippen LogP contribution >= 0.6 is 0 Å². The van der Waals surface area contributed by atoms with Crippen LogP contribution in [0.3, 0.4) is 0 Å². The molecule has 1 aromatic carbocycles. The molecule has 2 N–H and O–H groups in total. The van der Waals surface area contributed by atoms with Crippen molar-refractivity contribution in [1.29, 1.82) is 0 Å². The van der Waals surface area contributed by atoms with E-state index in [1.165, 1.54) is 5.56 Å². The average molecular weight is 264 g/mol. The van der Waals surface area contributed by atoms with Gasteiger partial charge in [-0.2, -0.15) is 0 Å². The Kier molecular flexibility index (Phi) is 7.47. The number of rotatable bonds is 8. The molecule has 4 heteroatoms. The number of benzene rings is 1. The summed E-state index contributed by atoms with van der Waals surface area (Å²) in [5, 5.41) is 5.59. The second-order valence-corrected chi connectivity index (χ2v) is 4.55. The third kappa shape index (κ3) is 7.34. The first kappa shape index (κ1) is 15.3. The number of aryl methyl sites for hydroxylation is 1. The summed E-state index contributed by atoms with van der Waals surface area (Å²) >= 11 is 0. The Morgan fingerprint density at radius 2 is 2.00 bits per heavy atom. The van der Waals surface area contributed by atoms with Crippen molar-refractivity contribution < 1.29 is 9.53 Å². The van der Waals surface area contributed by atoms with E-state index >= 15 is 0 Å². The standard InChI is InChI=1S/C15H24N2O2/c1-3-4-5-9-16-15(18)17-10-11-19-14-8-6-7-13(2)12-14/h6-8,12H,3-5,9-11H2,1-2H3,(H2,16,17,18). The van der Waals surface area contributed by atoms with Crippen LogP contribution in [0.25, 0.3) is 0 Å². The monoisotopic (exact) mass is 264 g/mol. The Hall–Kier alpha value is -1.71. The average Bonchev–Trinajstić information content (AvgIpc) is 2.40. The maximum atomic E-state index is 11.4. The second-order valence-electron chi connectivity index (χ2n) is 4.55. The predicted molar refractivity (Wildman–Crippen MR) is 77.6 cm³/mol. The minimum absolute atomic E-state index is 0.121. The fourth-order valence-electron chi connectivity index (χ4n) is 1.68. The number of unbranched alkanes of at least 4 members (excludes halogenated alkanes) is 2. The van der Waals surface area contributed by atoms with Crippen molar-refractivity contribution in [2.45, 2.75) is 33.1 Å². The molecule has 0 saturated heterocycles. The SMILES string of the molecule is CCCCCNC(=O)NCCOc1cccc(C)c1. The lowest BCUT2D eigenvalue weighted by molar-refractivity contribution is 0.236. The summed E-state index contributed by atoms with van der Waals surface area (Å²) < 4.78 is 5.54. The van der Waals surface area contributed by atoms with Gasteiger partial charge in [0.2, 0.25) is 0 Å². The quantitative estimate of drug-likeness (QED) is 0.709. The normalized spacial score (nSPS) is 10.0. The van der Waals surface area contributed by atoms with E-state index in [0.29, 0.717) is 13.2 Å². The number of hydrogen-bond donors (Lipinski definition) is 2. The van der Waals surface area contributed by atoms with Gasteiger partial charge < -0.3 is 15.4 Å². The molecular weight excluding hydrogens is 240 g/mol. The molecule has 1 aromatic rings. The van der Waals surface area contributed by atoms with Crippen molar-refractivity contribution in [3.8, 4) is 5.75 Å². The Morgan fingerprint density at radius 3 is 2.74 bits per heavy atom. The molecule has 0 heterocycles. The third-order valence-corrected chi connectivity index (χ3v) is 2.71. The molecule has 0 aliphatic rings. The number of carbonyl (C=O) groups is 1. The molecule has 2 amide bonds. The molecule has 0 unspecified atom stereocenters. The fraction of sp³-hybridized carbons (Fsp3) is 0.533. The molecular formula is C15H24N2O2. The highest BCUT2D eigenvalue weighted by molar-refractivity contribution is 5.73. The lowest BCUT2D eigenvalue weighted by atomic mass is 10.2. The summed E-state index contributed by atoms with van der Waals surface area (Å²) in [6.45, 7) is 5.88. The molecule has 0 aliphatic carbocycles. The van der Waals surface area contributed by atoms with Gasteiger partial charge in [-0.05, 0) is 31.0 Å². The predicted octanol–water partition coefficient (Wildman–Crippen LogP) is 2.86. The van der Waals surface area contributed by atoms with Crippen LogP contribution in [-0.2, 0) is 0 Å². The summed E-state index contributed by atoms with van der Waals surface area (Å²) in [7, 11) is 0. The zero-order valence-electron chi connectivity index (χ0n) is 11.9. The van der Waals surface area contributed by atoms with Gasteiger partial charge in [0.05, 0.1) is 6.54 Å². The van der Waals surface area contributed by atoms with Gasteiger partial charge in [-0.15, -0.1) is 0 Å². The van der Waals surface area contributed by atoms with Crippen LogP contribution in [0.5, 0.6) is 5.75 Å². The lowest BCUT2D eigenvalue weighted by Gasteiger charge is -2.09. The van der Waals surface area contributed by atoms with Gasteiger partial charge in [0.1, 0.15) is 12.4 Å². The van der Waals surface area contributed by atoms with E-state index in [2.05, 4.69) is 17.6 Å². The van der Waals surface area contributed by atoms with Crippen molar-refractivity contribution >= 4 is 6.03 Å². The first-order valence-corrected chi connectivity index (χ1v) is 6.93. The maximum absolute atomic E-state index is 11.4. The highest BCUT2D eigenvalue weighted by atomic mass is 16.5. The molecule has 0 saturated carbocycles. The molecule has 1 rings (SSSR count). The molecule has 106 valence electrons. The Morgan fingerprint density at radius 1 is 1.21 bits per heavy atom. The second kappa shape index (κ2) is 9.25. The Bertz CT molecular complexity index is 380. The minimum atomic E-state index is -0.121. The van der Waals surface area contributed by atoms with Crippen molar-refractivity contribution in [1.82, 2.24) is 10.6 Å². The Labute approximate surface area is 115 Å². The highest BCUT2D eigenvalue weighted by Crippen LogP contribution is 2.11. The lowest BCUT2D eigenvalue weighted by Crippen LogP contribution is -2.38. The van der Waals surface area contributed by atoms with E-state index in [9.17, 15) is 4.79 Å². The van der Waals surface area contributed by atoms with E-state index in [1.54, 1.807) is 0 Å². The summed E-state index contributed by atoms with van der Waals surface area (Å²) in [5.74, 6) is 0.838. The maximum Gasteiger partial charge on any atom is 0.314 e. The summed E-state index contributed by atoms with van der Waals surface area (Å²) in [4.78, 5) is 11.4. The van der Waals surface area contributed by atoms with Crippen LogP contribution in [0.2, 0.25) is 0 Å². The van der Waals surface area contributed by atoms with Crippen LogP contribution in [0.15, 0.2) is 24.3 Å². The highest BCUT2D eigenvalue weighted by Gasteiger charge is 1.99. The minimum Gasteiger partial charge on any atom is -0.492 e. The van der Waals surface area contributed by atoms with Crippen LogP contribution in [-0.4, -0.2) is 25.7 Å². The molecule has 0 bridgehead atoms. The van der Waals surface area contributed by atoms with Crippen LogP contribution in [0.4, 0.5) is 4.79 Å². The van der Waals surface area contributed by atoms with Gasteiger partial charge in [-0.3, -0.25) is 0 Å². The molecule has 0 aliphatic heterocycles. The summed E-state index contributed by atoms with van der Waals surface area (Å²) in [6.07, 6.45) is 3.34. The van der Waals surface area contributed by atoms with E-state index in [1.807, 2.05) is 31.2 Å². The van der Waals surface area contributed by atoms with E-state index in [0.717, 1.165) is 31.6 Å². The van der Waals surface area contributed by atoms with Crippen molar-refractivity contribution in [2.75, 3.05) is 19.7 Å². The number of nitrogens with one attached hydrogen (secondary N) is 2. The van der Waals surface area contributed by atoms with Gasteiger partial charge in [0, 0.05) is 6.54 Å². The Balaban J connectivity index is 2.05. The van der Waals surface area contributed by atoms with Crippen molar-refractivity contribution in [2.24, 2.45) is 0 Å². The zero-order valence-corrected chi connectivity index (χ0v) is 11.9. The molecule has 0 atom stereocenters. The number of amides is 2. The molecule has 0 aromatic heterocycles. The van der Waals surface area contributed by atoms with Gasteiger partial charge >= 0.3 is 6.03 Å². The molecule has 0 fully saturated rings. The van der Waals surface area contributed by atoms with Crippen LogP contribution < -0.4 is 15.4 Å². The van der Waals surface area contributed by atoms with Crippen LogP contribution in [0.1, 0.15) is 31.7 Å². The molecule has 4 nitrogen and oxygen atoms in total. The van der Waals surface area contributed by atoms with Gasteiger partial charge in [0.15, 0.2) is 0 Å². The van der Waals surface area contributed by atoms with Crippen LogP contribution in [0, 0.1) is 6.92 Å².